The number of benzene rings is 2. The quantitative estimate of drug-likeness (QED) is 0.640. The van der Waals surface area contributed by atoms with E-state index in [9.17, 15) is 4.79 Å². The average Bonchev–Trinajstić information content (AvgIpc) is 2.66. The lowest BCUT2D eigenvalue weighted by Gasteiger charge is -2.22. The maximum absolute atomic E-state index is 12.6. The number of ether oxygens (including phenoxy) is 1. The van der Waals surface area contributed by atoms with Crippen molar-refractivity contribution in [1.82, 2.24) is 5.32 Å². The van der Waals surface area contributed by atoms with Gasteiger partial charge in [-0.25, -0.2) is 0 Å². The summed E-state index contributed by atoms with van der Waals surface area (Å²) in [6, 6.07) is 14.5. The summed E-state index contributed by atoms with van der Waals surface area (Å²) in [7, 11) is 1.71. The van der Waals surface area contributed by atoms with Crippen molar-refractivity contribution in [1.29, 1.82) is 0 Å². The Bertz CT molecular complexity index is 758. The van der Waals surface area contributed by atoms with Crippen LogP contribution in [-0.4, -0.2) is 18.3 Å². The van der Waals surface area contributed by atoms with Crippen LogP contribution in [0.4, 0.5) is 0 Å². The molecule has 0 spiro atoms. The van der Waals surface area contributed by atoms with E-state index in [2.05, 4.69) is 50.4 Å². The van der Waals surface area contributed by atoms with E-state index < -0.39 is 0 Å². The molecule has 2 atom stereocenters. The summed E-state index contributed by atoms with van der Waals surface area (Å²) in [5.74, 6) is 2.19. The van der Waals surface area contributed by atoms with E-state index in [1.54, 1.807) is 18.9 Å². The lowest BCUT2D eigenvalue weighted by Crippen LogP contribution is -2.33. The molecule has 0 unspecified atom stereocenters. The number of nitrogens with one attached hydrogen (secondary N) is 1. The van der Waals surface area contributed by atoms with Crippen LogP contribution in [-0.2, 0) is 10.5 Å². The number of carbonyl (C=O) groups excluding carboxylic acids is 1. The van der Waals surface area contributed by atoms with Crippen molar-refractivity contribution in [3.05, 3.63) is 64.7 Å². The van der Waals surface area contributed by atoms with Crippen molar-refractivity contribution in [2.45, 2.75) is 57.6 Å². The van der Waals surface area contributed by atoms with Gasteiger partial charge in [-0.05, 0) is 61.1 Å². The first-order chi connectivity index (χ1) is 12.8. The second kappa shape index (κ2) is 9.84. The van der Waals surface area contributed by atoms with Gasteiger partial charge in [0, 0.05) is 5.75 Å². The van der Waals surface area contributed by atoms with Gasteiger partial charge < -0.3 is 10.1 Å². The van der Waals surface area contributed by atoms with Gasteiger partial charge >= 0.3 is 0 Å². The van der Waals surface area contributed by atoms with Crippen molar-refractivity contribution in [2.24, 2.45) is 0 Å². The molecule has 0 aliphatic rings. The summed E-state index contributed by atoms with van der Waals surface area (Å²) in [5, 5.41) is 3.07. The molecule has 1 amide bonds. The van der Waals surface area contributed by atoms with E-state index in [0.717, 1.165) is 22.6 Å². The monoisotopic (exact) mass is 385 g/mol. The van der Waals surface area contributed by atoms with Gasteiger partial charge in [0.1, 0.15) is 5.75 Å². The normalized spacial score (nSPS) is 13.3. The minimum atomic E-state index is -0.101. The SMILES string of the molecule is COc1cc(C)c([C@@H](C)NC(=O)[C@@H](C)SCc2ccccc2)cc1C(C)C. The largest absolute Gasteiger partial charge is 0.496 e. The van der Waals surface area contributed by atoms with Gasteiger partial charge in [-0.1, -0.05) is 44.2 Å². The van der Waals surface area contributed by atoms with Crippen LogP contribution in [0.2, 0.25) is 0 Å². The smallest absolute Gasteiger partial charge is 0.233 e. The summed E-state index contributed by atoms with van der Waals surface area (Å²) < 4.78 is 5.52. The molecule has 2 rings (SSSR count). The first-order valence-electron chi connectivity index (χ1n) is 9.47. The van der Waals surface area contributed by atoms with Gasteiger partial charge in [0.2, 0.25) is 5.91 Å². The Kier molecular flexibility index (Phi) is 7.78. The third-order valence-electron chi connectivity index (χ3n) is 4.78. The summed E-state index contributed by atoms with van der Waals surface area (Å²) in [6.07, 6.45) is 0. The highest BCUT2D eigenvalue weighted by Gasteiger charge is 2.20. The molecule has 1 N–H and O–H groups in total. The number of methoxy groups -OCH3 is 1. The summed E-state index contributed by atoms with van der Waals surface area (Å²) >= 11 is 1.66. The first kappa shape index (κ1) is 21.4. The van der Waals surface area contributed by atoms with E-state index in [1.807, 2.05) is 32.0 Å². The Balaban J connectivity index is 2.04. The van der Waals surface area contributed by atoms with Crippen molar-refractivity contribution < 1.29 is 9.53 Å². The number of hydrogen-bond donors (Lipinski definition) is 1. The van der Waals surface area contributed by atoms with E-state index in [0.29, 0.717) is 5.92 Å². The molecule has 2 aromatic rings. The molecular formula is C23H31NO2S. The maximum Gasteiger partial charge on any atom is 0.233 e. The molecule has 4 heteroatoms. The highest BCUT2D eigenvalue weighted by Crippen LogP contribution is 2.32. The molecule has 0 heterocycles. The fourth-order valence-electron chi connectivity index (χ4n) is 3.09. The summed E-state index contributed by atoms with van der Waals surface area (Å²) in [6.45, 7) is 10.4. The molecule has 2 aromatic carbocycles. The van der Waals surface area contributed by atoms with Crippen molar-refractivity contribution >= 4 is 17.7 Å². The molecule has 27 heavy (non-hydrogen) atoms. The second-order valence-corrected chi connectivity index (χ2v) is 8.60. The number of aryl methyl sites for hydroxylation is 1. The van der Waals surface area contributed by atoms with Gasteiger partial charge in [0.15, 0.2) is 0 Å². The zero-order valence-electron chi connectivity index (χ0n) is 17.2. The van der Waals surface area contributed by atoms with Crippen LogP contribution < -0.4 is 10.1 Å². The van der Waals surface area contributed by atoms with E-state index in [4.69, 9.17) is 4.74 Å². The molecule has 0 fully saturated rings. The van der Waals surface area contributed by atoms with Crippen LogP contribution in [0.25, 0.3) is 0 Å². The Morgan fingerprint density at radius 1 is 1.07 bits per heavy atom. The number of hydrogen-bond acceptors (Lipinski definition) is 3. The second-order valence-electron chi connectivity index (χ2n) is 7.27. The molecule has 0 aliphatic heterocycles. The Morgan fingerprint density at radius 2 is 1.74 bits per heavy atom. The average molecular weight is 386 g/mol. The third kappa shape index (κ3) is 5.77. The highest BCUT2D eigenvalue weighted by molar-refractivity contribution is 7.99. The van der Waals surface area contributed by atoms with Gasteiger partial charge in [-0.15, -0.1) is 11.8 Å². The van der Waals surface area contributed by atoms with Gasteiger partial charge in [0.25, 0.3) is 0 Å². The lowest BCUT2D eigenvalue weighted by atomic mass is 9.93. The number of carbonyl (C=O) groups is 1. The molecule has 0 radical (unpaired) electrons. The minimum absolute atomic E-state index is 0.0410. The number of amides is 1. The molecule has 0 saturated carbocycles. The molecule has 0 aliphatic carbocycles. The molecule has 146 valence electrons. The standard InChI is InChI=1S/C23H31NO2S/c1-15(2)20-13-21(16(3)12-22(20)26-6)17(4)24-23(25)18(5)27-14-19-10-8-7-9-11-19/h7-13,15,17-18H,14H2,1-6H3,(H,24,25)/t17-,18-/m1/s1. The number of rotatable bonds is 8. The Hall–Kier alpha value is -1.94. The van der Waals surface area contributed by atoms with Gasteiger partial charge in [0.05, 0.1) is 18.4 Å². The molecule has 0 saturated heterocycles. The summed E-state index contributed by atoms with van der Waals surface area (Å²) in [4.78, 5) is 12.6. The van der Waals surface area contributed by atoms with Crippen LogP contribution in [0.15, 0.2) is 42.5 Å². The Morgan fingerprint density at radius 3 is 2.33 bits per heavy atom. The molecule has 0 aromatic heterocycles. The molecular weight excluding hydrogens is 354 g/mol. The van der Waals surface area contributed by atoms with Crippen LogP contribution >= 0.6 is 11.8 Å². The van der Waals surface area contributed by atoms with Gasteiger partial charge in [-0.2, -0.15) is 0 Å². The van der Waals surface area contributed by atoms with Crippen molar-refractivity contribution in [3.8, 4) is 5.75 Å². The fraction of sp³-hybridized carbons (Fsp3) is 0.435. The van der Waals surface area contributed by atoms with Crippen LogP contribution in [0, 0.1) is 6.92 Å². The third-order valence-corrected chi connectivity index (χ3v) is 5.99. The Labute approximate surface area is 167 Å². The van der Waals surface area contributed by atoms with E-state index in [-0.39, 0.29) is 17.2 Å². The topological polar surface area (TPSA) is 38.3 Å². The summed E-state index contributed by atoms with van der Waals surface area (Å²) in [5.41, 5.74) is 4.69. The minimum Gasteiger partial charge on any atom is -0.496 e. The lowest BCUT2D eigenvalue weighted by molar-refractivity contribution is -0.120. The molecule has 3 nitrogen and oxygen atoms in total. The fourth-order valence-corrected chi connectivity index (χ4v) is 3.94. The van der Waals surface area contributed by atoms with Crippen LogP contribution in [0.5, 0.6) is 5.75 Å². The van der Waals surface area contributed by atoms with Gasteiger partial charge in [-0.3, -0.25) is 4.79 Å². The van der Waals surface area contributed by atoms with Crippen LogP contribution in [0.3, 0.4) is 0 Å². The number of thioether (sulfide) groups is 1. The zero-order valence-corrected chi connectivity index (χ0v) is 18.0. The zero-order chi connectivity index (χ0) is 20.0. The van der Waals surface area contributed by atoms with Crippen molar-refractivity contribution in [3.63, 3.8) is 0 Å². The van der Waals surface area contributed by atoms with Crippen molar-refractivity contribution in [2.75, 3.05) is 7.11 Å². The van der Waals surface area contributed by atoms with Crippen LogP contribution in [0.1, 0.15) is 61.9 Å². The van der Waals surface area contributed by atoms with E-state index in [1.165, 1.54) is 11.1 Å². The maximum atomic E-state index is 12.6. The predicted molar refractivity (Wildman–Crippen MR) is 116 cm³/mol. The highest BCUT2D eigenvalue weighted by atomic mass is 32.2. The van der Waals surface area contributed by atoms with E-state index >= 15 is 0 Å². The predicted octanol–water partition coefficient (Wildman–Crippen LogP) is 5.63. The molecule has 0 bridgehead atoms. The first-order valence-corrected chi connectivity index (χ1v) is 10.5.